The number of nitrogens with one attached hydrogen (secondary N) is 1. The summed E-state index contributed by atoms with van der Waals surface area (Å²) >= 11 is 0. The number of aryl methyl sites for hydroxylation is 2. The fourth-order valence-corrected chi connectivity index (χ4v) is 3.44. The van der Waals surface area contributed by atoms with Crippen molar-refractivity contribution in [1.29, 1.82) is 0 Å². The molecule has 0 fully saturated rings. The fourth-order valence-electron chi connectivity index (χ4n) is 3.44. The molecule has 1 N–H and O–H groups in total. The topological polar surface area (TPSA) is 73.2 Å². The predicted molar refractivity (Wildman–Crippen MR) is 105 cm³/mol. The molecule has 0 saturated carbocycles. The number of rotatable bonds is 4. The van der Waals surface area contributed by atoms with Crippen LogP contribution in [0, 0.1) is 6.92 Å². The zero-order valence-electron chi connectivity index (χ0n) is 17.3. The number of aromatic nitrogens is 2. The van der Waals surface area contributed by atoms with Gasteiger partial charge in [-0.15, -0.1) is 0 Å². The highest BCUT2D eigenvalue weighted by atomic mass is 19.4. The normalized spacial score (nSPS) is 16.3. The van der Waals surface area contributed by atoms with Crippen LogP contribution in [0.25, 0.3) is 0 Å². The number of carbonyl (C=O) groups excluding carboxylic acids is 1. The number of esters is 1. The van der Waals surface area contributed by atoms with Gasteiger partial charge in [0.2, 0.25) is 0 Å². The highest BCUT2D eigenvalue weighted by molar-refractivity contribution is 5.75. The van der Waals surface area contributed by atoms with Crippen molar-refractivity contribution in [3.05, 3.63) is 57.3 Å². The van der Waals surface area contributed by atoms with Crippen molar-refractivity contribution in [2.45, 2.75) is 64.9 Å². The number of carbonyl (C=O) groups is 1. The lowest BCUT2D eigenvalue weighted by molar-refractivity contribution is -0.158. The van der Waals surface area contributed by atoms with Gasteiger partial charge in [0.25, 0.3) is 5.56 Å². The lowest BCUT2D eigenvalue weighted by Crippen LogP contribution is -2.34. The molecule has 3 rings (SSSR count). The number of fused-ring (bicyclic) bond motifs is 1. The molecule has 0 radical (unpaired) electrons. The maximum Gasteiger partial charge on any atom is 0.416 e. The second-order valence-corrected chi connectivity index (χ2v) is 8.41. The summed E-state index contributed by atoms with van der Waals surface area (Å²) in [5.74, 6) is -0.0212. The van der Waals surface area contributed by atoms with Crippen molar-refractivity contribution < 1.29 is 22.7 Å². The zero-order chi connectivity index (χ0) is 22.3. The summed E-state index contributed by atoms with van der Waals surface area (Å²) in [5.41, 5.74) is -0.908. The third-order valence-corrected chi connectivity index (χ3v) is 4.65. The van der Waals surface area contributed by atoms with E-state index in [1.165, 1.54) is 10.8 Å². The van der Waals surface area contributed by atoms with Crippen LogP contribution in [0.3, 0.4) is 0 Å². The second-order valence-electron chi connectivity index (χ2n) is 8.41. The molecule has 0 aliphatic carbocycles. The van der Waals surface area contributed by atoms with Crippen LogP contribution in [0.5, 0.6) is 0 Å². The van der Waals surface area contributed by atoms with Crippen LogP contribution in [0.15, 0.2) is 29.2 Å². The molecular weight excluding hydrogens is 399 g/mol. The molecule has 9 heteroatoms. The van der Waals surface area contributed by atoms with Gasteiger partial charge >= 0.3 is 12.1 Å². The summed E-state index contributed by atoms with van der Waals surface area (Å²) in [6.45, 7) is 6.83. The Morgan fingerprint density at radius 1 is 1.27 bits per heavy atom. The molecule has 2 heterocycles. The number of benzene rings is 1. The predicted octanol–water partition coefficient (Wildman–Crippen LogP) is 4.01. The average molecular weight is 423 g/mol. The Hall–Kier alpha value is -2.84. The highest BCUT2D eigenvalue weighted by Gasteiger charge is 2.34. The summed E-state index contributed by atoms with van der Waals surface area (Å²) in [6.07, 6.45) is -2.22. The first-order valence-corrected chi connectivity index (χ1v) is 9.60. The van der Waals surface area contributed by atoms with E-state index in [1.54, 1.807) is 33.8 Å². The largest absolute Gasteiger partial charge is 0.458 e. The van der Waals surface area contributed by atoms with E-state index in [9.17, 15) is 22.8 Å². The lowest BCUT2D eigenvalue weighted by atomic mass is 10.1. The number of halogens is 3. The Bertz CT molecular complexity index is 1020. The van der Waals surface area contributed by atoms with Gasteiger partial charge in [-0.1, -0.05) is 11.6 Å². The minimum absolute atomic E-state index is 0.0120. The van der Waals surface area contributed by atoms with Crippen LogP contribution in [-0.2, 0) is 28.7 Å². The molecule has 1 aromatic heterocycles. The van der Waals surface area contributed by atoms with Gasteiger partial charge in [-0.25, -0.2) is 9.78 Å². The first kappa shape index (κ1) is 21.9. The molecule has 1 aliphatic rings. The summed E-state index contributed by atoms with van der Waals surface area (Å²) in [5, 5.41) is 2.86. The van der Waals surface area contributed by atoms with Crippen LogP contribution < -0.4 is 10.9 Å². The van der Waals surface area contributed by atoms with Gasteiger partial charge in [-0.2, -0.15) is 13.2 Å². The summed E-state index contributed by atoms with van der Waals surface area (Å²) in [7, 11) is 0. The molecule has 0 bridgehead atoms. The first-order chi connectivity index (χ1) is 13.8. The SMILES string of the molecule is Cc1cc(CNc2cnc3n(c2=O)[C@H](C(=O)OC(C)(C)C)CC3)cc(C(F)(F)F)c1. The number of nitrogens with zero attached hydrogens (tertiary/aromatic N) is 2. The summed E-state index contributed by atoms with van der Waals surface area (Å²) < 4.78 is 45.8. The Kier molecular flexibility index (Phi) is 5.66. The Balaban J connectivity index is 1.83. The van der Waals surface area contributed by atoms with Crippen molar-refractivity contribution in [2.75, 3.05) is 5.32 Å². The van der Waals surface area contributed by atoms with Gasteiger partial charge in [0.15, 0.2) is 0 Å². The summed E-state index contributed by atoms with van der Waals surface area (Å²) in [4.78, 5) is 29.7. The quantitative estimate of drug-likeness (QED) is 0.753. The van der Waals surface area contributed by atoms with Gasteiger partial charge < -0.3 is 10.1 Å². The van der Waals surface area contributed by atoms with Crippen LogP contribution in [0.4, 0.5) is 18.9 Å². The molecule has 1 aliphatic heterocycles. The molecule has 0 amide bonds. The van der Waals surface area contributed by atoms with Crippen molar-refractivity contribution >= 4 is 11.7 Å². The van der Waals surface area contributed by atoms with E-state index >= 15 is 0 Å². The van der Waals surface area contributed by atoms with E-state index in [-0.39, 0.29) is 12.2 Å². The molecule has 30 heavy (non-hydrogen) atoms. The van der Waals surface area contributed by atoms with Gasteiger partial charge in [0.1, 0.15) is 23.2 Å². The molecule has 1 atom stereocenters. The van der Waals surface area contributed by atoms with E-state index < -0.39 is 34.9 Å². The van der Waals surface area contributed by atoms with Crippen LogP contribution in [0.2, 0.25) is 0 Å². The van der Waals surface area contributed by atoms with E-state index in [2.05, 4.69) is 10.3 Å². The Morgan fingerprint density at radius 3 is 2.60 bits per heavy atom. The standard InChI is InChI=1S/C21H24F3N3O3/c1-12-7-13(9-14(8-12)21(22,23)24)10-25-15-11-26-17-6-5-16(27(17)18(15)28)19(29)30-20(2,3)4/h7-9,11,16,25H,5-6,10H2,1-4H3/t16-/m0/s1. The lowest BCUT2D eigenvalue weighted by Gasteiger charge is -2.23. The minimum atomic E-state index is -4.45. The van der Waals surface area contributed by atoms with E-state index in [4.69, 9.17) is 4.74 Å². The number of hydrogen-bond donors (Lipinski definition) is 1. The number of anilines is 1. The highest BCUT2D eigenvalue weighted by Crippen LogP contribution is 2.31. The molecule has 162 valence electrons. The maximum atomic E-state index is 13.0. The maximum absolute atomic E-state index is 13.0. The number of hydrogen-bond acceptors (Lipinski definition) is 5. The molecule has 0 unspecified atom stereocenters. The molecule has 2 aromatic rings. The Labute approximate surface area is 172 Å². The average Bonchev–Trinajstić information content (AvgIpc) is 3.03. The number of alkyl halides is 3. The molecule has 0 saturated heterocycles. The molecule has 1 aromatic carbocycles. The number of ether oxygens (including phenoxy) is 1. The monoisotopic (exact) mass is 423 g/mol. The van der Waals surface area contributed by atoms with E-state index in [0.29, 0.717) is 29.8 Å². The van der Waals surface area contributed by atoms with Crippen molar-refractivity contribution in [3.8, 4) is 0 Å². The molecular formula is C21H24F3N3O3. The van der Waals surface area contributed by atoms with Gasteiger partial charge in [0.05, 0.1) is 11.8 Å². The van der Waals surface area contributed by atoms with Crippen LogP contribution in [0.1, 0.15) is 55.7 Å². The van der Waals surface area contributed by atoms with E-state index in [1.807, 2.05) is 0 Å². The van der Waals surface area contributed by atoms with Crippen LogP contribution in [-0.4, -0.2) is 21.1 Å². The van der Waals surface area contributed by atoms with Crippen molar-refractivity contribution in [3.63, 3.8) is 0 Å². The van der Waals surface area contributed by atoms with E-state index in [0.717, 1.165) is 12.1 Å². The molecule has 0 spiro atoms. The second kappa shape index (κ2) is 7.77. The third-order valence-electron chi connectivity index (χ3n) is 4.65. The first-order valence-electron chi connectivity index (χ1n) is 9.60. The Morgan fingerprint density at radius 2 is 1.97 bits per heavy atom. The van der Waals surface area contributed by atoms with Gasteiger partial charge in [0, 0.05) is 13.0 Å². The van der Waals surface area contributed by atoms with Gasteiger partial charge in [-0.05, 0) is 51.8 Å². The summed E-state index contributed by atoms with van der Waals surface area (Å²) in [6, 6.07) is 2.96. The minimum Gasteiger partial charge on any atom is -0.458 e. The zero-order valence-corrected chi connectivity index (χ0v) is 17.3. The van der Waals surface area contributed by atoms with Crippen molar-refractivity contribution in [1.82, 2.24) is 9.55 Å². The molecule has 6 nitrogen and oxygen atoms in total. The fraction of sp³-hybridized carbons (Fsp3) is 0.476. The smallest absolute Gasteiger partial charge is 0.416 e. The van der Waals surface area contributed by atoms with Gasteiger partial charge in [-0.3, -0.25) is 9.36 Å². The van der Waals surface area contributed by atoms with Crippen molar-refractivity contribution in [2.24, 2.45) is 0 Å². The third kappa shape index (κ3) is 4.83. The van der Waals surface area contributed by atoms with Crippen LogP contribution >= 0.6 is 0 Å².